The molecule has 3 aromatic rings. The second kappa shape index (κ2) is 9.87. The van der Waals surface area contributed by atoms with E-state index in [1.807, 2.05) is 50.2 Å². The number of aliphatic carboxylic acids is 1. The van der Waals surface area contributed by atoms with Crippen molar-refractivity contribution >= 4 is 5.97 Å². The van der Waals surface area contributed by atoms with Gasteiger partial charge in [-0.3, -0.25) is 4.79 Å². The molecule has 2 aliphatic heterocycles. The molecule has 3 aliphatic rings. The average Bonchev–Trinajstić information content (AvgIpc) is 3.46. The molecule has 204 valence electrons. The highest BCUT2D eigenvalue weighted by atomic mass is 19.1. The largest absolute Gasteiger partial charge is 0.493 e. The molecule has 1 aliphatic carbocycles. The van der Waals surface area contributed by atoms with E-state index >= 15 is 4.39 Å². The molecular weight excluding hydrogens is 499 g/mol. The number of aryl methyl sites for hydroxylation is 2. The standard InChI is InChI=1S/C32H33FO6/c1-18-10-22(38-17-32(3)15-36-16-32)11-19(2)30(18)31-25-7-9-27(24(25)6-8-26(31)33)39-21-4-5-23-20(12-29(34)35)14-37-28(23)13-21/h4-6,8,10-11,13,20,27H,7,9,12,14-17H2,1-3H3,(H,34,35)/t20-,27-/m1/s1. The van der Waals surface area contributed by atoms with Crippen LogP contribution in [0, 0.1) is 25.1 Å². The molecule has 0 aromatic heterocycles. The topological polar surface area (TPSA) is 74.2 Å². The maximum atomic E-state index is 15.4. The summed E-state index contributed by atoms with van der Waals surface area (Å²) in [5.74, 6) is 0.900. The number of benzene rings is 3. The summed E-state index contributed by atoms with van der Waals surface area (Å²) >= 11 is 0. The van der Waals surface area contributed by atoms with Gasteiger partial charge in [0, 0.05) is 28.5 Å². The van der Waals surface area contributed by atoms with Gasteiger partial charge in [-0.2, -0.15) is 0 Å². The number of fused-ring (bicyclic) bond motifs is 2. The first-order valence-electron chi connectivity index (χ1n) is 13.5. The van der Waals surface area contributed by atoms with Crippen LogP contribution in [0.1, 0.15) is 59.6 Å². The summed E-state index contributed by atoms with van der Waals surface area (Å²) in [5, 5.41) is 9.16. The summed E-state index contributed by atoms with van der Waals surface area (Å²) in [5.41, 5.74) is 6.43. The molecular formula is C32H33FO6. The van der Waals surface area contributed by atoms with Crippen molar-refractivity contribution in [2.24, 2.45) is 5.41 Å². The van der Waals surface area contributed by atoms with Gasteiger partial charge in [0.05, 0.1) is 32.8 Å². The molecule has 0 saturated carbocycles. The number of ether oxygens (including phenoxy) is 4. The van der Waals surface area contributed by atoms with Crippen LogP contribution >= 0.6 is 0 Å². The monoisotopic (exact) mass is 532 g/mol. The molecule has 0 amide bonds. The Hall–Kier alpha value is -3.58. The molecule has 0 bridgehead atoms. The molecule has 1 fully saturated rings. The first-order chi connectivity index (χ1) is 18.7. The van der Waals surface area contributed by atoms with Gasteiger partial charge in [-0.25, -0.2) is 4.39 Å². The highest BCUT2D eigenvalue weighted by Crippen LogP contribution is 2.45. The van der Waals surface area contributed by atoms with E-state index in [0.717, 1.165) is 45.6 Å². The van der Waals surface area contributed by atoms with Gasteiger partial charge in [0.25, 0.3) is 0 Å². The highest BCUT2D eigenvalue weighted by Gasteiger charge is 2.35. The van der Waals surface area contributed by atoms with Gasteiger partial charge in [0.15, 0.2) is 0 Å². The smallest absolute Gasteiger partial charge is 0.304 e. The molecule has 0 spiro atoms. The van der Waals surface area contributed by atoms with Gasteiger partial charge < -0.3 is 24.1 Å². The SMILES string of the molecule is Cc1cc(OCC2(C)COC2)cc(C)c1-c1c(F)ccc2c1CC[C@H]2Oc1ccc2c(c1)OC[C@H]2CC(=O)O. The van der Waals surface area contributed by atoms with E-state index in [1.54, 1.807) is 6.07 Å². The molecule has 7 heteroatoms. The normalized spacial score (nSPS) is 20.5. The second-order valence-corrected chi connectivity index (χ2v) is 11.5. The van der Waals surface area contributed by atoms with Gasteiger partial charge >= 0.3 is 5.97 Å². The zero-order valence-corrected chi connectivity index (χ0v) is 22.5. The van der Waals surface area contributed by atoms with E-state index in [9.17, 15) is 4.79 Å². The Kier molecular flexibility index (Phi) is 6.50. The quantitative estimate of drug-likeness (QED) is 0.355. The lowest BCUT2D eigenvalue weighted by atomic mass is 9.89. The maximum absolute atomic E-state index is 15.4. The maximum Gasteiger partial charge on any atom is 0.304 e. The van der Waals surface area contributed by atoms with E-state index in [-0.39, 0.29) is 29.7 Å². The first-order valence-corrected chi connectivity index (χ1v) is 13.5. The molecule has 1 N–H and O–H groups in total. The van der Waals surface area contributed by atoms with Gasteiger partial charge in [0.2, 0.25) is 0 Å². The summed E-state index contributed by atoms with van der Waals surface area (Å²) in [6, 6.07) is 13.0. The van der Waals surface area contributed by atoms with Gasteiger partial charge in [-0.1, -0.05) is 19.1 Å². The predicted molar refractivity (Wildman–Crippen MR) is 144 cm³/mol. The van der Waals surface area contributed by atoms with Gasteiger partial charge in [-0.05, 0) is 78.8 Å². The fourth-order valence-corrected chi connectivity index (χ4v) is 6.10. The lowest BCUT2D eigenvalue weighted by Gasteiger charge is -2.37. The van der Waals surface area contributed by atoms with Crippen molar-refractivity contribution in [1.29, 1.82) is 0 Å². The Morgan fingerprint density at radius 1 is 1.05 bits per heavy atom. The summed E-state index contributed by atoms with van der Waals surface area (Å²) in [6.07, 6.45) is 1.29. The minimum atomic E-state index is -0.840. The van der Waals surface area contributed by atoms with Crippen LogP contribution < -0.4 is 14.2 Å². The van der Waals surface area contributed by atoms with Crippen molar-refractivity contribution < 1.29 is 33.2 Å². The Morgan fingerprint density at radius 3 is 2.49 bits per heavy atom. The summed E-state index contributed by atoms with van der Waals surface area (Å²) in [7, 11) is 0. The van der Waals surface area contributed by atoms with Crippen LogP contribution in [0.25, 0.3) is 11.1 Å². The van der Waals surface area contributed by atoms with Crippen LogP contribution in [-0.2, 0) is 16.0 Å². The Morgan fingerprint density at radius 2 is 1.79 bits per heavy atom. The fourth-order valence-electron chi connectivity index (χ4n) is 6.10. The minimum Gasteiger partial charge on any atom is -0.493 e. The highest BCUT2D eigenvalue weighted by molar-refractivity contribution is 5.77. The molecule has 6 nitrogen and oxygen atoms in total. The summed E-state index contributed by atoms with van der Waals surface area (Å²) in [4.78, 5) is 11.2. The molecule has 3 aromatic carbocycles. The fraction of sp³-hybridized carbons (Fsp3) is 0.406. The predicted octanol–water partition coefficient (Wildman–Crippen LogP) is 6.54. The van der Waals surface area contributed by atoms with E-state index in [0.29, 0.717) is 49.9 Å². The van der Waals surface area contributed by atoms with Crippen molar-refractivity contribution in [3.8, 4) is 28.4 Å². The first kappa shape index (κ1) is 25.7. The Bertz CT molecular complexity index is 1420. The van der Waals surface area contributed by atoms with Crippen molar-refractivity contribution in [1.82, 2.24) is 0 Å². The molecule has 0 unspecified atom stereocenters. The third-order valence-electron chi connectivity index (χ3n) is 8.11. The van der Waals surface area contributed by atoms with Crippen molar-refractivity contribution in [2.45, 2.75) is 52.1 Å². The van der Waals surface area contributed by atoms with Crippen molar-refractivity contribution in [3.05, 3.63) is 76.1 Å². The minimum absolute atomic E-state index is 0.0395. The van der Waals surface area contributed by atoms with Crippen LogP contribution in [0.3, 0.4) is 0 Å². The van der Waals surface area contributed by atoms with Crippen LogP contribution in [0.4, 0.5) is 4.39 Å². The molecule has 1 saturated heterocycles. The molecule has 6 rings (SSSR count). The van der Waals surface area contributed by atoms with E-state index in [1.165, 1.54) is 0 Å². The van der Waals surface area contributed by atoms with E-state index in [4.69, 9.17) is 24.1 Å². The second-order valence-electron chi connectivity index (χ2n) is 11.5. The molecule has 2 atom stereocenters. The van der Waals surface area contributed by atoms with Crippen LogP contribution in [-0.4, -0.2) is 37.5 Å². The van der Waals surface area contributed by atoms with Crippen molar-refractivity contribution in [3.63, 3.8) is 0 Å². The van der Waals surface area contributed by atoms with Crippen LogP contribution in [0.5, 0.6) is 17.2 Å². The van der Waals surface area contributed by atoms with Crippen molar-refractivity contribution in [2.75, 3.05) is 26.4 Å². The average molecular weight is 533 g/mol. The molecule has 2 heterocycles. The lowest BCUT2D eigenvalue weighted by Crippen LogP contribution is -2.44. The van der Waals surface area contributed by atoms with E-state index in [2.05, 4.69) is 6.92 Å². The number of hydrogen-bond donors (Lipinski definition) is 1. The number of carboxylic acid groups (broad SMARTS) is 1. The molecule has 0 radical (unpaired) electrons. The third-order valence-corrected chi connectivity index (χ3v) is 8.11. The molecule has 39 heavy (non-hydrogen) atoms. The van der Waals surface area contributed by atoms with E-state index < -0.39 is 5.97 Å². The Balaban J connectivity index is 1.25. The Labute approximate surface area is 227 Å². The van der Waals surface area contributed by atoms with Gasteiger partial charge in [-0.15, -0.1) is 0 Å². The van der Waals surface area contributed by atoms with Gasteiger partial charge in [0.1, 0.15) is 29.2 Å². The number of carbonyl (C=O) groups is 1. The van der Waals surface area contributed by atoms with Crippen LogP contribution in [0.15, 0.2) is 42.5 Å². The zero-order chi connectivity index (χ0) is 27.3. The number of halogens is 1. The zero-order valence-electron chi connectivity index (χ0n) is 22.5. The lowest BCUT2D eigenvalue weighted by molar-refractivity contribution is -0.137. The summed E-state index contributed by atoms with van der Waals surface area (Å²) < 4.78 is 39.0. The third kappa shape index (κ3) is 4.84. The number of carboxylic acids is 1. The van der Waals surface area contributed by atoms with Crippen LogP contribution in [0.2, 0.25) is 0 Å². The summed E-state index contributed by atoms with van der Waals surface area (Å²) in [6.45, 7) is 8.52. The number of rotatable bonds is 8. The number of hydrogen-bond acceptors (Lipinski definition) is 5.